The second-order valence-electron chi connectivity index (χ2n) is 9.51. The number of hydrogen-bond donors (Lipinski definition) is 0. The molecule has 0 aromatic heterocycles. The molecule has 7 heteroatoms. The van der Waals surface area contributed by atoms with Gasteiger partial charge in [0, 0.05) is 25.3 Å². The Bertz CT molecular complexity index is 1600. The summed E-state index contributed by atoms with van der Waals surface area (Å²) in [6, 6.07) is 33.8. The van der Waals surface area contributed by atoms with Gasteiger partial charge >= 0.3 is 0 Å². The van der Waals surface area contributed by atoms with E-state index < -0.39 is 19.9 Å². The molecule has 190 valence electrons. The molecule has 1 saturated heterocycles. The number of sulfonamides is 1. The highest BCUT2D eigenvalue weighted by molar-refractivity contribution is 7.90. The Morgan fingerprint density at radius 2 is 1.19 bits per heavy atom. The van der Waals surface area contributed by atoms with E-state index in [1.807, 2.05) is 48.5 Å². The molecule has 1 aliphatic heterocycles. The molecule has 0 aliphatic carbocycles. The summed E-state index contributed by atoms with van der Waals surface area (Å²) in [5.74, 6) is 0.0914. The summed E-state index contributed by atoms with van der Waals surface area (Å²) in [5.41, 5.74) is 3.93. The lowest BCUT2D eigenvalue weighted by molar-refractivity contribution is 0.285. The molecule has 4 aromatic carbocycles. The van der Waals surface area contributed by atoms with Crippen LogP contribution in [-0.2, 0) is 19.9 Å². The zero-order valence-electron chi connectivity index (χ0n) is 20.6. The first-order valence-electron chi connectivity index (χ1n) is 12.2. The van der Waals surface area contributed by atoms with Crippen molar-refractivity contribution in [3.05, 3.63) is 120 Å². The quantitative estimate of drug-likeness (QED) is 0.319. The van der Waals surface area contributed by atoms with Gasteiger partial charge in [0.05, 0.1) is 9.79 Å². The molecule has 1 heterocycles. The van der Waals surface area contributed by atoms with E-state index in [0.29, 0.717) is 24.4 Å². The summed E-state index contributed by atoms with van der Waals surface area (Å²) in [5, 5.41) is 0. The Morgan fingerprint density at radius 1 is 0.622 bits per heavy atom. The first-order valence-corrected chi connectivity index (χ1v) is 15.6. The van der Waals surface area contributed by atoms with Crippen molar-refractivity contribution in [3.63, 3.8) is 0 Å². The molecule has 0 N–H and O–H groups in total. The minimum Gasteiger partial charge on any atom is -0.224 e. The second-order valence-corrected chi connectivity index (χ2v) is 13.5. The average molecular weight is 532 g/mol. The zero-order chi connectivity index (χ0) is 26.0. The highest BCUT2D eigenvalue weighted by Gasteiger charge is 2.37. The minimum absolute atomic E-state index is 0.0623. The summed E-state index contributed by atoms with van der Waals surface area (Å²) in [6.07, 6.45) is 1.91. The fraction of sp³-hybridized carbons (Fsp3) is 0.200. The van der Waals surface area contributed by atoms with E-state index in [2.05, 4.69) is 18.2 Å². The Kier molecular flexibility index (Phi) is 7.03. The summed E-state index contributed by atoms with van der Waals surface area (Å²) < 4.78 is 52.8. The van der Waals surface area contributed by atoms with Crippen LogP contribution in [0.3, 0.4) is 0 Å². The summed E-state index contributed by atoms with van der Waals surface area (Å²) >= 11 is 0. The highest BCUT2D eigenvalue weighted by atomic mass is 32.2. The van der Waals surface area contributed by atoms with Gasteiger partial charge < -0.3 is 0 Å². The molecule has 0 spiro atoms. The van der Waals surface area contributed by atoms with Crippen LogP contribution in [0.5, 0.6) is 0 Å². The van der Waals surface area contributed by atoms with Crippen molar-refractivity contribution < 1.29 is 16.8 Å². The van der Waals surface area contributed by atoms with Crippen LogP contribution in [0.15, 0.2) is 119 Å². The third kappa shape index (κ3) is 5.39. The summed E-state index contributed by atoms with van der Waals surface area (Å²) in [6.45, 7) is 0.813. The fourth-order valence-electron chi connectivity index (χ4n) is 5.17. The molecule has 4 aromatic rings. The lowest BCUT2D eigenvalue weighted by atomic mass is 9.77. The first-order chi connectivity index (χ1) is 17.7. The third-order valence-electron chi connectivity index (χ3n) is 7.09. The van der Waals surface area contributed by atoms with Gasteiger partial charge in [-0.3, -0.25) is 0 Å². The number of rotatable bonds is 6. The molecular formula is C30H29NO4S2. The van der Waals surface area contributed by atoms with Crippen LogP contribution < -0.4 is 0 Å². The standard InChI is InChI=1S/C30H29NO4S2/c1-36(32,33)28-17-9-13-25(21-28)24-12-8-14-26(20-24)30-22-31(37(34,35)27-15-6-3-7-16-27)19-18-29(30)23-10-4-2-5-11-23/h2-17,20-21,29-30H,18-19,22H2,1H3/t29-,30-/m0/s1. The van der Waals surface area contributed by atoms with Gasteiger partial charge in [0.1, 0.15) is 0 Å². The molecule has 0 saturated carbocycles. The molecule has 1 aliphatic rings. The molecule has 2 atom stereocenters. The van der Waals surface area contributed by atoms with E-state index in [0.717, 1.165) is 16.7 Å². The summed E-state index contributed by atoms with van der Waals surface area (Å²) in [4.78, 5) is 0.577. The minimum atomic E-state index is -3.63. The van der Waals surface area contributed by atoms with Crippen LogP contribution in [0.1, 0.15) is 29.4 Å². The monoisotopic (exact) mass is 531 g/mol. The van der Waals surface area contributed by atoms with Crippen LogP contribution in [0, 0.1) is 0 Å². The highest BCUT2D eigenvalue weighted by Crippen LogP contribution is 2.42. The predicted molar refractivity (Wildman–Crippen MR) is 147 cm³/mol. The molecule has 0 amide bonds. The van der Waals surface area contributed by atoms with Crippen LogP contribution >= 0.6 is 0 Å². The topological polar surface area (TPSA) is 71.5 Å². The second kappa shape index (κ2) is 10.2. The SMILES string of the molecule is CS(=O)(=O)c1cccc(-c2cccc([C@@H]3CN(S(=O)(=O)c4ccccc4)CC[C@H]3c3ccccc3)c2)c1. The van der Waals surface area contributed by atoms with Gasteiger partial charge in [-0.2, -0.15) is 4.31 Å². The maximum absolute atomic E-state index is 13.5. The van der Waals surface area contributed by atoms with Crippen LogP contribution in [0.2, 0.25) is 0 Å². The van der Waals surface area contributed by atoms with Gasteiger partial charge in [0.15, 0.2) is 9.84 Å². The Hall–Kier alpha value is -3.26. The molecular weight excluding hydrogens is 502 g/mol. The maximum atomic E-state index is 13.5. The van der Waals surface area contributed by atoms with Crippen molar-refractivity contribution in [3.8, 4) is 11.1 Å². The molecule has 5 nitrogen and oxygen atoms in total. The van der Waals surface area contributed by atoms with Gasteiger partial charge in [-0.05, 0) is 58.9 Å². The first kappa shape index (κ1) is 25.4. The molecule has 37 heavy (non-hydrogen) atoms. The maximum Gasteiger partial charge on any atom is 0.243 e. The lowest BCUT2D eigenvalue weighted by Crippen LogP contribution is -2.42. The van der Waals surface area contributed by atoms with Crippen LogP contribution in [0.25, 0.3) is 11.1 Å². The van der Waals surface area contributed by atoms with Gasteiger partial charge in [-0.1, -0.05) is 84.9 Å². The van der Waals surface area contributed by atoms with E-state index in [1.54, 1.807) is 46.8 Å². The summed E-state index contributed by atoms with van der Waals surface area (Å²) in [7, 11) is -6.96. The van der Waals surface area contributed by atoms with E-state index in [1.165, 1.54) is 11.8 Å². The van der Waals surface area contributed by atoms with Gasteiger partial charge in [-0.15, -0.1) is 0 Å². The van der Waals surface area contributed by atoms with Gasteiger partial charge in [0.25, 0.3) is 0 Å². The number of benzene rings is 4. The van der Waals surface area contributed by atoms with Crippen molar-refractivity contribution in [2.24, 2.45) is 0 Å². The van der Waals surface area contributed by atoms with Gasteiger partial charge in [-0.25, -0.2) is 16.8 Å². The zero-order valence-corrected chi connectivity index (χ0v) is 22.2. The predicted octanol–water partition coefficient (Wildman–Crippen LogP) is 5.72. The van der Waals surface area contributed by atoms with Crippen molar-refractivity contribution >= 4 is 19.9 Å². The molecule has 0 unspecified atom stereocenters. The van der Waals surface area contributed by atoms with Crippen molar-refractivity contribution in [2.45, 2.75) is 28.0 Å². The van der Waals surface area contributed by atoms with Crippen molar-refractivity contribution in [2.75, 3.05) is 19.3 Å². The van der Waals surface area contributed by atoms with Crippen LogP contribution in [0.4, 0.5) is 0 Å². The molecule has 1 fully saturated rings. The Balaban J connectivity index is 1.55. The Morgan fingerprint density at radius 3 is 1.86 bits per heavy atom. The van der Waals surface area contributed by atoms with E-state index in [4.69, 9.17) is 0 Å². The van der Waals surface area contributed by atoms with Crippen molar-refractivity contribution in [1.29, 1.82) is 0 Å². The largest absolute Gasteiger partial charge is 0.243 e. The van der Waals surface area contributed by atoms with Gasteiger partial charge in [0.2, 0.25) is 10.0 Å². The molecule has 0 bridgehead atoms. The van der Waals surface area contributed by atoms with E-state index in [9.17, 15) is 16.8 Å². The van der Waals surface area contributed by atoms with Crippen molar-refractivity contribution in [1.82, 2.24) is 4.31 Å². The smallest absolute Gasteiger partial charge is 0.224 e. The molecule has 5 rings (SSSR count). The number of nitrogens with zero attached hydrogens (tertiary/aromatic N) is 1. The van der Waals surface area contributed by atoms with Crippen LogP contribution in [-0.4, -0.2) is 40.5 Å². The molecule has 0 radical (unpaired) electrons. The van der Waals surface area contributed by atoms with E-state index in [-0.39, 0.29) is 16.7 Å². The average Bonchev–Trinajstić information content (AvgIpc) is 2.93. The Labute approximate surface area is 219 Å². The normalized spacial score (nSPS) is 18.9. The number of piperidine rings is 1. The third-order valence-corrected chi connectivity index (χ3v) is 10.1. The lowest BCUT2D eigenvalue weighted by Gasteiger charge is -2.38. The fourth-order valence-corrected chi connectivity index (χ4v) is 7.34. The number of hydrogen-bond acceptors (Lipinski definition) is 4. The van der Waals surface area contributed by atoms with E-state index >= 15 is 0 Å². The number of sulfone groups is 1.